The van der Waals surface area contributed by atoms with Crippen molar-refractivity contribution in [3.63, 3.8) is 0 Å². The van der Waals surface area contributed by atoms with E-state index in [1.807, 2.05) is 12.1 Å². The lowest BCUT2D eigenvalue weighted by Gasteiger charge is -2.10. The fraction of sp³-hybridized carbons (Fsp3) is 0.625. The van der Waals surface area contributed by atoms with E-state index >= 15 is 0 Å². The van der Waals surface area contributed by atoms with Crippen LogP contribution in [0.25, 0.3) is 0 Å². The van der Waals surface area contributed by atoms with E-state index in [0.717, 1.165) is 30.4 Å². The van der Waals surface area contributed by atoms with Crippen LogP contribution in [0.15, 0.2) is 23.1 Å². The monoisotopic (exact) mass is 297 g/mol. The molecule has 1 aromatic carbocycles. The molecule has 0 radical (unpaired) electrons. The van der Waals surface area contributed by atoms with Crippen LogP contribution < -0.4 is 5.14 Å². The summed E-state index contributed by atoms with van der Waals surface area (Å²) in [4.78, 5) is 0.325. The Balaban J connectivity index is 2.51. The van der Waals surface area contributed by atoms with Gasteiger partial charge >= 0.3 is 0 Å². The van der Waals surface area contributed by atoms with Gasteiger partial charge in [-0.2, -0.15) is 0 Å². The zero-order valence-electron chi connectivity index (χ0n) is 12.7. The van der Waals surface area contributed by atoms with Gasteiger partial charge in [-0.05, 0) is 30.9 Å². The van der Waals surface area contributed by atoms with Crippen molar-refractivity contribution in [1.29, 1.82) is 0 Å². The summed E-state index contributed by atoms with van der Waals surface area (Å²) in [7, 11) is -3.62. The molecule has 4 heteroatoms. The standard InChI is InChI=1S/C16H27NO2S/c1-3-4-5-6-7-8-9-12-15-13-10-11-14(2)16(15)20(17,18)19/h10-11,13H,3-9,12H2,1-2H3,(H2,17,18,19). The molecule has 0 fully saturated rings. The molecule has 0 aliphatic heterocycles. The molecular formula is C16H27NO2S. The van der Waals surface area contributed by atoms with Gasteiger partial charge < -0.3 is 0 Å². The average molecular weight is 297 g/mol. The number of primary sulfonamides is 1. The quantitative estimate of drug-likeness (QED) is 0.702. The average Bonchev–Trinajstić information content (AvgIpc) is 2.36. The molecule has 1 aromatic rings. The molecule has 0 aliphatic rings. The molecule has 2 N–H and O–H groups in total. The van der Waals surface area contributed by atoms with E-state index < -0.39 is 10.0 Å². The van der Waals surface area contributed by atoms with Gasteiger partial charge in [-0.15, -0.1) is 0 Å². The van der Waals surface area contributed by atoms with Crippen LogP contribution in [0.3, 0.4) is 0 Å². The highest BCUT2D eigenvalue weighted by molar-refractivity contribution is 7.89. The van der Waals surface area contributed by atoms with Gasteiger partial charge in [0.1, 0.15) is 0 Å². The third kappa shape index (κ3) is 5.63. The van der Waals surface area contributed by atoms with E-state index in [4.69, 9.17) is 5.14 Å². The maximum Gasteiger partial charge on any atom is 0.238 e. The Labute approximate surface area is 123 Å². The van der Waals surface area contributed by atoms with Gasteiger partial charge in [0, 0.05) is 0 Å². The summed E-state index contributed by atoms with van der Waals surface area (Å²) in [6.07, 6.45) is 9.37. The molecule has 0 unspecified atom stereocenters. The number of nitrogens with two attached hydrogens (primary N) is 1. The van der Waals surface area contributed by atoms with Crippen LogP contribution in [0.2, 0.25) is 0 Å². The van der Waals surface area contributed by atoms with E-state index in [1.54, 1.807) is 13.0 Å². The highest BCUT2D eigenvalue weighted by Crippen LogP contribution is 2.21. The van der Waals surface area contributed by atoms with E-state index in [1.165, 1.54) is 32.1 Å². The lowest BCUT2D eigenvalue weighted by molar-refractivity contribution is 0.583. The second-order valence-corrected chi connectivity index (χ2v) is 6.98. The van der Waals surface area contributed by atoms with E-state index in [0.29, 0.717) is 4.90 Å². The van der Waals surface area contributed by atoms with E-state index in [2.05, 4.69) is 6.92 Å². The Morgan fingerprint density at radius 1 is 1.00 bits per heavy atom. The first-order chi connectivity index (χ1) is 9.46. The first-order valence-electron chi connectivity index (χ1n) is 7.58. The summed E-state index contributed by atoms with van der Waals surface area (Å²) < 4.78 is 23.3. The Bertz CT molecular complexity index is 509. The van der Waals surface area contributed by atoms with Crippen LogP contribution in [-0.4, -0.2) is 8.42 Å². The zero-order valence-corrected chi connectivity index (χ0v) is 13.5. The van der Waals surface area contributed by atoms with Crippen molar-refractivity contribution in [2.45, 2.75) is 70.1 Å². The minimum Gasteiger partial charge on any atom is -0.225 e. The molecule has 114 valence electrons. The number of hydrogen-bond donors (Lipinski definition) is 1. The van der Waals surface area contributed by atoms with Crippen LogP contribution >= 0.6 is 0 Å². The van der Waals surface area contributed by atoms with Gasteiger partial charge in [-0.25, -0.2) is 13.6 Å². The van der Waals surface area contributed by atoms with Crippen molar-refractivity contribution in [2.24, 2.45) is 5.14 Å². The van der Waals surface area contributed by atoms with Gasteiger partial charge in [-0.1, -0.05) is 63.6 Å². The van der Waals surface area contributed by atoms with Crippen LogP contribution in [0.5, 0.6) is 0 Å². The Morgan fingerprint density at radius 3 is 2.20 bits per heavy atom. The van der Waals surface area contributed by atoms with Crippen molar-refractivity contribution in [1.82, 2.24) is 0 Å². The van der Waals surface area contributed by atoms with Crippen molar-refractivity contribution in [3.05, 3.63) is 29.3 Å². The summed E-state index contributed by atoms with van der Waals surface area (Å²) in [6.45, 7) is 4.01. The van der Waals surface area contributed by atoms with Gasteiger partial charge in [-0.3, -0.25) is 0 Å². The summed E-state index contributed by atoms with van der Waals surface area (Å²) in [5.41, 5.74) is 1.61. The largest absolute Gasteiger partial charge is 0.238 e. The Morgan fingerprint density at radius 2 is 1.60 bits per heavy atom. The van der Waals surface area contributed by atoms with Gasteiger partial charge in [0.05, 0.1) is 4.90 Å². The number of hydrogen-bond acceptors (Lipinski definition) is 2. The number of sulfonamides is 1. The number of benzene rings is 1. The molecule has 0 bridgehead atoms. The lowest BCUT2D eigenvalue weighted by atomic mass is 10.0. The maximum atomic E-state index is 11.7. The topological polar surface area (TPSA) is 60.2 Å². The molecule has 0 aliphatic carbocycles. The Kier molecular flexibility index (Phi) is 7.24. The van der Waals surface area contributed by atoms with Crippen LogP contribution in [0.1, 0.15) is 63.0 Å². The highest BCUT2D eigenvalue weighted by Gasteiger charge is 2.15. The first-order valence-corrected chi connectivity index (χ1v) is 9.12. The molecule has 0 saturated carbocycles. The van der Waals surface area contributed by atoms with E-state index in [9.17, 15) is 8.42 Å². The zero-order chi connectivity index (χ0) is 15.0. The smallest absolute Gasteiger partial charge is 0.225 e. The summed E-state index contributed by atoms with van der Waals surface area (Å²) in [6, 6.07) is 5.58. The van der Waals surface area contributed by atoms with Crippen molar-refractivity contribution in [2.75, 3.05) is 0 Å². The predicted octanol–water partition coefficient (Wildman–Crippen LogP) is 3.94. The fourth-order valence-corrected chi connectivity index (χ4v) is 3.64. The molecule has 0 aromatic heterocycles. The number of aryl methyl sites for hydroxylation is 2. The molecule has 1 rings (SSSR count). The van der Waals surface area contributed by atoms with Crippen LogP contribution in [-0.2, 0) is 16.4 Å². The second-order valence-electron chi connectivity index (χ2n) is 5.48. The van der Waals surface area contributed by atoms with Crippen LogP contribution in [0.4, 0.5) is 0 Å². The second kappa shape index (κ2) is 8.42. The molecular weight excluding hydrogens is 270 g/mol. The molecule has 20 heavy (non-hydrogen) atoms. The molecule has 0 spiro atoms. The van der Waals surface area contributed by atoms with E-state index in [-0.39, 0.29) is 0 Å². The maximum absolute atomic E-state index is 11.7. The van der Waals surface area contributed by atoms with Crippen molar-refractivity contribution < 1.29 is 8.42 Å². The van der Waals surface area contributed by atoms with Gasteiger partial charge in [0.2, 0.25) is 10.0 Å². The summed E-state index contributed by atoms with van der Waals surface area (Å²) in [5.74, 6) is 0. The third-order valence-corrected chi connectivity index (χ3v) is 4.78. The summed E-state index contributed by atoms with van der Waals surface area (Å²) >= 11 is 0. The van der Waals surface area contributed by atoms with Gasteiger partial charge in [0.25, 0.3) is 0 Å². The summed E-state index contributed by atoms with van der Waals surface area (Å²) in [5, 5.41) is 5.32. The minimum atomic E-state index is -3.62. The minimum absolute atomic E-state index is 0.325. The lowest BCUT2D eigenvalue weighted by Crippen LogP contribution is -2.16. The fourth-order valence-electron chi connectivity index (χ4n) is 2.59. The SMILES string of the molecule is CCCCCCCCCc1cccc(C)c1S(N)(=O)=O. The molecule has 0 heterocycles. The van der Waals surface area contributed by atoms with Gasteiger partial charge in [0.15, 0.2) is 0 Å². The number of rotatable bonds is 9. The molecule has 0 atom stereocenters. The third-order valence-electron chi connectivity index (χ3n) is 3.63. The molecule has 0 amide bonds. The normalized spacial score (nSPS) is 11.8. The Hall–Kier alpha value is -0.870. The van der Waals surface area contributed by atoms with Crippen LogP contribution in [0, 0.1) is 6.92 Å². The molecule has 3 nitrogen and oxygen atoms in total. The predicted molar refractivity (Wildman–Crippen MR) is 84.2 cm³/mol. The first kappa shape index (κ1) is 17.2. The highest BCUT2D eigenvalue weighted by atomic mass is 32.2. The number of unbranched alkanes of at least 4 members (excludes halogenated alkanes) is 6. The molecule has 0 saturated heterocycles. The van der Waals surface area contributed by atoms with Crippen molar-refractivity contribution >= 4 is 10.0 Å². The van der Waals surface area contributed by atoms with Crippen molar-refractivity contribution in [3.8, 4) is 0 Å².